The van der Waals surface area contributed by atoms with Crippen molar-refractivity contribution in [3.05, 3.63) is 65.8 Å². The van der Waals surface area contributed by atoms with Crippen molar-refractivity contribution in [3.63, 3.8) is 0 Å². The van der Waals surface area contributed by atoms with Crippen LogP contribution in [0, 0.1) is 0 Å². The first-order valence-corrected chi connectivity index (χ1v) is 12.5. The van der Waals surface area contributed by atoms with Gasteiger partial charge in [0.05, 0.1) is 17.7 Å². The number of aromatic nitrogens is 3. The van der Waals surface area contributed by atoms with Crippen LogP contribution in [-0.4, -0.2) is 51.1 Å². The van der Waals surface area contributed by atoms with Crippen molar-refractivity contribution in [1.29, 1.82) is 0 Å². The van der Waals surface area contributed by atoms with E-state index < -0.39 is 10.0 Å². The third-order valence-corrected chi connectivity index (χ3v) is 7.03. The highest BCUT2D eigenvalue weighted by Crippen LogP contribution is 2.28. The van der Waals surface area contributed by atoms with Crippen LogP contribution < -0.4 is 20.2 Å². The minimum Gasteiger partial charge on any atom is -0.497 e. The number of fused-ring (bicyclic) bond motifs is 1. The first-order chi connectivity index (χ1) is 16.4. The summed E-state index contributed by atoms with van der Waals surface area (Å²) in [5.74, 6) is 1.32. The third-order valence-electron chi connectivity index (χ3n) is 5.22. The van der Waals surface area contributed by atoms with Crippen LogP contribution in [0.5, 0.6) is 5.75 Å². The molecule has 4 rings (SSSR count). The minimum atomic E-state index is -3.57. The number of hydrogen-bond acceptors (Lipinski definition) is 6. The standard InChI is InChI=1S/C23H23BClN5O3S/c1-33-16-8-10-17(11-9-16)34(31,32)28-13-5-4-12-26-22-14-21(18-6-2-3-7-20(18)25)29-23-19(24)15-27-30(22)23/h2-3,6-11,14-15,26,28H,4-5,12-13H2,1H3. The number of benzene rings is 2. The Morgan fingerprint density at radius 2 is 1.82 bits per heavy atom. The van der Waals surface area contributed by atoms with Crippen molar-refractivity contribution in [2.24, 2.45) is 0 Å². The molecule has 0 aliphatic heterocycles. The second kappa shape index (κ2) is 10.5. The molecule has 0 unspecified atom stereocenters. The van der Waals surface area contributed by atoms with Crippen molar-refractivity contribution in [2.75, 3.05) is 25.5 Å². The minimum absolute atomic E-state index is 0.203. The fourth-order valence-corrected chi connectivity index (χ4v) is 4.73. The molecule has 2 aromatic heterocycles. The Balaban J connectivity index is 1.37. The predicted octanol–water partition coefficient (Wildman–Crippen LogP) is 3.02. The Hall–Kier alpha value is -3.08. The summed E-state index contributed by atoms with van der Waals surface area (Å²) in [6.45, 7) is 0.923. The van der Waals surface area contributed by atoms with Crippen LogP contribution in [0.2, 0.25) is 5.02 Å². The molecule has 0 aliphatic rings. The van der Waals surface area contributed by atoms with Crippen LogP contribution in [0.1, 0.15) is 12.8 Å². The normalized spacial score (nSPS) is 11.6. The van der Waals surface area contributed by atoms with E-state index in [9.17, 15) is 8.42 Å². The van der Waals surface area contributed by atoms with Crippen molar-refractivity contribution in [3.8, 4) is 17.0 Å². The van der Waals surface area contributed by atoms with Gasteiger partial charge in [0, 0.05) is 35.9 Å². The number of sulfonamides is 1. The molecule has 0 fully saturated rings. The number of rotatable bonds is 10. The summed E-state index contributed by atoms with van der Waals surface area (Å²) < 4.78 is 34.2. The number of nitrogens with one attached hydrogen (secondary N) is 2. The number of halogens is 1. The first-order valence-electron chi connectivity index (χ1n) is 10.7. The molecule has 2 N–H and O–H groups in total. The maximum absolute atomic E-state index is 12.4. The zero-order valence-corrected chi connectivity index (χ0v) is 20.1. The van der Waals surface area contributed by atoms with Gasteiger partial charge in [-0.05, 0) is 48.6 Å². The molecule has 2 aromatic carbocycles. The van der Waals surface area contributed by atoms with Crippen LogP contribution in [0.4, 0.5) is 5.82 Å². The first kappa shape index (κ1) is 24.1. The topological polar surface area (TPSA) is 97.6 Å². The van der Waals surface area contributed by atoms with E-state index in [1.807, 2.05) is 30.3 Å². The van der Waals surface area contributed by atoms with Crippen LogP contribution in [0.3, 0.4) is 0 Å². The second-order valence-corrected chi connectivity index (χ2v) is 9.72. The molecule has 0 saturated carbocycles. The number of nitrogens with zero attached hydrogens (tertiary/aromatic N) is 3. The molecule has 0 saturated heterocycles. The molecule has 8 nitrogen and oxygen atoms in total. The molecule has 2 radical (unpaired) electrons. The van der Waals surface area contributed by atoms with Gasteiger partial charge < -0.3 is 10.1 Å². The van der Waals surface area contributed by atoms with E-state index >= 15 is 0 Å². The van der Waals surface area contributed by atoms with Crippen molar-refractivity contribution in [1.82, 2.24) is 19.3 Å². The lowest BCUT2D eigenvalue weighted by atomic mass is 10.0. The second-order valence-electron chi connectivity index (χ2n) is 7.55. The third kappa shape index (κ3) is 5.35. The molecule has 0 spiro atoms. The summed E-state index contributed by atoms with van der Waals surface area (Å²) in [5.41, 5.74) is 2.47. The maximum atomic E-state index is 12.4. The highest BCUT2D eigenvalue weighted by molar-refractivity contribution is 7.89. The molecule has 0 atom stereocenters. The van der Waals surface area contributed by atoms with Crippen LogP contribution in [-0.2, 0) is 10.0 Å². The van der Waals surface area contributed by atoms with Crippen LogP contribution >= 0.6 is 11.6 Å². The van der Waals surface area contributed by atoms with Crippen molar-refractivity contribution < 1.29 is 13.2 Å². The quantitative estimate of drug-likeness (QED) is 0.259. The van der Waals surface area contributed by atoms with Crippen molar-refractivity contribution in [2.45, 2.75) is 17.7 Å². The highest BCUT2D eigenvalue weighted by atomic mass is 35.5. The van der Waals surface area contributed by atoms with E-state index in [2.05, 4.69) is 20.1 Å². The molecule has 174 valence electrons. The lowest BCUT2D eigenvalue weighted by Gasteiger charge is -2.12. The Labute approximate surface area is 204 Å². The number of hydrogen-bond donors (Lipinski definition) is 2. The van der Waals surface area contributed by atoms with E-state index in [4.69, 9.17) is 24.2 Å². The summed E-state index contributed by atoms with van der Waals surface area (Å²) in [6.07, 6.45) is 2.93. The molecule has 4 aromatic rings. The molecular formula is C23H23BClN5O3S. The zero-order valence-electron chi connectivity index (χ0n) is 18.5. The summed E-state index contributed by atoms with van der Waals surface area (Å²) in [4.78, 5) is 4.82. The Morgan fingerprint density at radius 1 is 1.09 bits per heavy atom. The van der Waals surface area contributed by atoms with Gasteiger partial charge in [-0.25, -0.2) is 18.1 Å². The lowest BCUT2D eigenvalue weighted by molar-refractivity contribution is 0.414. The average Bonchev–Trinajstić information content (AvgIpc) is 3.22. The van der Waals surface area contributed by atoms with Gasteiger partial charge >= 0.3 is 0 Å². The van der Waals surface area contributed by atoms with E-state index in [0.717, 1.165) is 17.8 Å². The summed E-state index contributed by atoms with van der Waals surface area (Å²) in [7, 11) is 4.02. The smallest absolute Gasteiger partial charge is 0.240 e. The van der Waals surface area contributed by atoms with E-state index in [0.29, 0.717) is 47.1 Å². The molecule has 0 amide bonds. The van der Waals surface area contributed by atoms with Gasteiger partial charge in [-0.15, -0.1) is 0 Å². The molecule has 0 aliphatic carbocycles. The van der Waals surface area contributed by atoms with E-state index in [-0.39, 0.29) is 4.90 Å². The van der Waals surface area contributed by atoms with Gasteiger partial charge in [0.15, 0.2) is 5.65 Å². The number of unbranched alkanes of at least 4 members (excludes halogenated alkanes) is 1. The molecule has 34 heavy (non-hydrogen) atoms. The van der Waals surface area contributed by atoms with Gasteiger partial charge in [0.2, 0.25) is 10.0 Å². The summed E-state index contributed by atoms with van der Waals surface area (Å²) in [6, 6.07) is 15.6. The summed E-state index contributed by atoms with van der Waals surface area (Å²) in [5, 5.41) is 8.24. The van der Waals surface area contributed by atoms with E-state index in [1.165, 1.54) is 19.2 Å². The van der Waals surface area contributed by atoms with Gasteiger partial charge in [-0.2, -0.15) is 9.61 Å². The largest absolute Gasteiger partial charge is 0.497 e. The monoisotopic (exact) mass is 495 g/mol. The number of ether oxygens (including phenoxy) is 1. The highest BCUT2D eigenvalue weighted by Gasteiger charge is 2.14. The molecule has 0 bridgehead atoms. The Bertz CT molecular complexity index is 1390. The fourth-order valence-electron chi connectivity index (χ4n) is 3.42. The summed E-state index contributed by atoms with van der Waals surface area (Å²) >= 11 is 6.36. The number of anilines is 1. The lowest BCUT2D eigenvalue weighted by Crippen LogP contribution is -2.25. The van der Waals surface area contributed by atoms with Gasteiger partial charge in [-0.3, -0.25) is 0 Å². The Kier molecular flexibility index (Phi) is 7.40. The Morgan fingerprint density at radius 3 is 2.56 bits per heavy atom. The van der Waals surface area contributed by atoms with Gasteiger partial charge in [-0.1, -0.05) is 29.8 Å². The SMILES string of the molecule is [B]c1cnn2c(NCCCCNS(=O)(=O)c3ccc(OC)cc3)cc(-c3ccccc3Cl)nc12. The number of methoxy groups -OCH3 is 1. The molecule has 2 heterocycles. The zero-order chi connectivity index (χ0) is 24.1. The molecule has 11 heteroatoms. The van der Waals surface area contributed by atoms with E-state index in [1.54, 1.807) is 22.8 Å². The molecular weight excluding hydrogens is 473 g/mol. The van der Waals surface area contributed by atoms with Crippen molar-refractivity contribution >= 4 is 46.4 Å². The van der Waals surface area contributed by atoms with Crippen LogP contribution in [0.15, 0.2) is 65.7 Å². The maximum Gasteiger partial charge on any atom is 0.240 e. The van der Waals surface area contributed by atoms with Gasteiger partial charge in [0.25, 0.3) is 0 Å². The average molecular weight is 496 g/mol. The predicted molar refractivity (Wildman–Crippen MR) is 135 cm³/mol. The van der Waals surface area contributed by atoms with Gasteiger partial charge in [0.1, 0.15) is 19.4 Å². The fraction of sp³-hybridized carbons (Fsp3) is 0.217. The van der Waals surface area contributed by atoms with Crippen LogP contribution in [0.25, 0.3) is 16.9 Å².